The third kappa shape index (κ3) is 4.83. The second-order valence-corrected chi connectivity index (χ2v) is 8.35. The highest BCUT2D eigenvalue weighted by atomic mass is 35.5. The molecule has 1 atom stereocenters. The zero-order valence-corrected chi connectivity index (χ0v) is 17.7. The Balaban J connectivity index is 1.32. The Labute approximate surface area is 182 Å². The van der Waals surface area contributed by atoms with E-state index >= 15 is 0 Å². The van der Waals surface area contributed by atoms with E-state index in [-0.39, 0.29) is 23.5 Å². The van der Waals surface area contributed by atoms with Gasteiger partial charge in [-0.25, -0.2) is 0 Å². The molecule has 9 heteroatoms. The van der Waals surface area contributed by atoms with Gasteiger partial charge in [0.2, 0.25) is 17.7 Å². The summed E-state index contributed by atoms with van der Waals surface area (Å²) < 4.78 is 5.70. The topological polar surface area (TPSA) is 88.3 Å². The summed E-state index contributed by atoms with van der Waals surface area (Å²) in [6.45, 7) is 2.50. The number of thioether (sulfide) groups is 1. The molecule has 1 aliphatic heterocycles. The summed E-state index contributed by atoms with van der Waals surface area (Å²) in [5.74, 6) is 0.216. The number of hydrogen-bond acceptors (Lipinski definition) is 6. The number of aromatic nitrogens is 2. The van der Waals surface area contributed by atoms with Gasteiger partial charge in [0.05, 0.1) is 11.7 Å². The van der Waals surface area contributed by atoms with Crippen LogP contribution in [0.5, 0.6) is 0 Å². The Morgan fingerprint density at radius 1 is 1.20 bits per heavy atom. The minimum Gasteiger partial charge on any atom is -0.416 e. The normalized spacial score (nSPS) is 16.1. The molecule has 2 heterocycles. The summed E-state index contributed by atoms with van der Waals surface area (Å²) in [6, 6.07) is 14.7. The van der Waals surface area contributed by atoms with Crippen LogP contribution in [0.15, 0.2) is 58.2 Å². The highest BCUT2D eigenvalue weighted by Gasteiger charge is 2.35. The van der Waals surface area contributed by atoms with Crippen LogP contribution in [0.3, 0.4) is 0 Å². The average molecular weight is 443 g/mol. The number of anilines is 2. The fourth-order valence-electron chi connectivity index (χ4n) is 3.15. The summed E-state index contributed by atoms with van der Waals surface area (Å²) in [7, 11) is 0. The van der Waals surface area contributed by atoms with Gasteiger partial charge in [-0.15, -0.1) is 10.2 Å². The maximum atomic E-state index is 12.4. The lowest BCUT2D eigenvalue weighted by molar-refractivity contribution is -0.117. The first-order valence-electron chi connectivity index (χ1n) is 9.36. The monoisotopic (exact) mass is 442 g/mol. The van der Waals surface area contributed by atoms with E-state index in [9.17, 15) is 9.59 Å². The van der Waals surface area contributed by atoms with E-state index in [2.05, 4.69) is 15.5 Å². The van der Waals surface area contributed by atoms with Gasteiger partial charge in [0.15, 0.2) is 0 Å². The SMILES string of the molecule is Cc1ccc(N2CC(c3nnc(SCC(=O)Nc4ccc(Cl)cc4)o3)CC2=O)cc1. The van der Waals surface area contributed by atoms with E-state index in [0.29, 0.717) is 34.8 Å². The molecule has 7 nitrogen and oxygen atoms in total. The molecule has 0 radical (unpaired) electrons. The lowest BCUT2D eigenvalue weighted by Gasteiger charge is -2.16. The van der Waals surface area contributed by atoms with E-state index in [1.165, 1.54) is 0 Å². The molecule has 1 unspecified atom stereocenters. The van der Waals surface area contributed by atoms with Crippen LogP contribution in [0.2, 0.25) is 5.02 Å². The van der Waals surface area contributed by atoms with Gasteiger partial charge in [-0.2, -0.15) is 0 Å². The van der Waals surface area contributed by atoms with E-state index in [0.717, 1.165) is 23.0 Å². The van der Waals surface area contributed by atoms with Gasteiger partial charge in [-0.1, -0.05) is 41.1 Å². The summed E-state index contributed by atoms with van der Waals surface area (Å²) in [6.07, 6.45) is 0.317. The molecule has 0 spiro atoms. The average Bonchev–Trinajstić information content (AvgIpc) is 3.35. The molecule has 2 amide bonds. The fourth-order valence-corrected chi connectivity index (χ4v) is 3.84. The van der Waals surface area contributed by atoms with Crippen molar-refractivity contribution in [2.75, 3.05) is 22.5 Å². The van der Waals surface area contributed by atoms with Crippen LogP contribution in [-0.4, -0.2) is 34.3 Å². The number of carbonyl (C=O) groups excluding carboxylic acids is 2. The predicted octanol–water partition coefficient (Wildman–Crippen LogP) is 4.28. The van der Waals surface area contributed by atoms with Gasteiger partial charge in [0.25, 0.3) is 5.22 Å². The Bertz CT molecular complexity index is 1050. The van der Waals surface area contributed by atoms with Crippen molar-refractivity contribution in [2.24, 2.45) is 0 Å². The van der Waals surface area contributed by atoms with Gasteiger partial charge in [-0.05, 0) is 43.3 Å². The van der Waals surface area contributed by atoms with Crippen LogP contribution >= 0.6 is 23.4 Å². The summed E-state index contributed by atoms with van der Waals surface area (Å²) in [4.78, 5) is 26.3. The van der Waals surface area contributed by atoms with Gasteiger partial charge in [-0.3, -0.25) is 9.59 Å². The lowest BCUT2D eigenvalue weighted by Crippen LogP contribution is -2.24. The number of nitrogens with zero attached hydrogens (tertiary/aromatic N) is 3. The third-order valence-corrected chi connectivity index (χ3v) is 5.77. The maximum absolute atomic E-state index is 12.4. The predicted molar refractivity (Wildman–Crippen MR) is 116 cm³/mol. The van der Waals surface area contributed by atoms with Gasteiger partial charge in [0.1, 0.15) is 0 Å². The van der Waals surface area contributed by atoms with Gasteiger partial charge < -0.3 is 14.6 Å². The molecule has 1 fully saturated rings. The first-order valence-corrected chi connectivity index (χ1v) is 10.7. The fraction of sp³-hybridized carbons (Fsp3) is 0.238. The van der Waals surface area contributed by atoms with Crippen molar-refractivity contribution in [2.45, 2.75) is 24.5 Å². The molecular weight excluding hydrogens is 424 g/mol. The number of nitrogens with one attached hydrogen (secondary N) is 1. The van der Waals surface area contributed by atoms with Crippen LogP contribution in [0.1, 0.15) is 23.8 Å². The number of aryl methyl sites for hydroxylation is 1. The Morgan fingerprint density at radius 3 is 2.67 bits per heavy atom. The van der Waals surface area contributed by atoms with Crippen molar-refractivity contribution >= 4 is 46.6 Å². The molecule has 30 heavy (non-hydrogen) atoms. The number of benzene rings is 2. The number of carbonyl (C=O) groups is 2. The summed E-state index contributed by atoms with van der Waals surface area (Å²) in [5, 5.41) is 11.8. The van der Waals surface area contributed by atoms with Crippen LogP contribution < -0.4 is 10.2 Å². The molecule has 4 rings (SSSR count). The maximum Gasteiger partial charge on any atom is 0.277 e. The van der Waals surface area contributed by atoms with E-state index in [4.69, 9.17) is 16.0 Å². The molecule has 0 saturated carbocycles. The number of rotatable bonds is 6. The molecule has 2 aromatic carbocycles. The molecular formula is C21H19ClN4O3S. The Kier molecular flexibility index (Phi) is 6.06. The van der Waals surface area contributed by atoms with Crippen LogP contribution in [0, 0.1) is 6.92 Å². The molecule has 1 N–H and O–H groups in total. The zero-order chi connectivity index (χ0) is 21.1. The minimum atomic E-state index is -0.191. The van der Waals surface area contributed by atoms with E-state index in [1.54, 1.807) is 29.2 Å². The molecule has 1 aliphatic rings. The number of amides is 2. The molecule has 0 aliphatic carbocycles. The Hall–Kier alpha value is -2.84. The molecule has 0 bridgehead atoms. The highest BCUT2D eigenvalue weighted by molar-refractivity contribution is 7.99. The molecule has 154 valence electrons. The van der Waals surface area contributed by atoms with Crippen molar-refractivity contribution in [3.8, 4) is 0 Å². The van der Waals surface area contributed by atoms with Gasteiger partial charge in [0, 0.05) is 29.4 Å². The number of halogens is 1. The lowest BCUT2D eigenvalue weighted by atomic mass is 10.1. The van der Waals surface area contributed by atoms with Crippen LogP contribution in [-0.2, 0) is 9.59 Å². The summed E-state index contributed by atoms with van der Waals surface area (Å²) in [5.41, 5.74) is 2.67. The minimum absolute atomic E-state index is 0.0265. The second kappa shape index (κ2) is 8.89. The van der Waals surface area contributed by atoms with E-state index < -0.39 is 0 Å². The molecule has 1 aromatic heterocycles. The third-order valence-electron chi connectivity index (χ3n) is 4.70. The van der Waals surface area contributed by atoms with Crippen LogP contribution in [0.25, 0.3) is 0 Å². The molecule has 1 saturated heterocycles. The highest BCUT2D eigenvalue weighted by Crippen LogP contribution is 2.32. The number of hydrogen-bond donors (Lipinski definition) is 1. The van der Waals surface area contributed by atoms with Crippen molar-refractivity contribution in [3.05, 3.63) is 65.0 Å². The Morgan fingerprint density at radius 2 is 1.93 bits per heavy atom. The molecule has 3 aromatic rings. The zero-order valence-electron chi connectivity index (χ0n) is 16.2. The first-order chi connectivity index (χ1) is 14.5. The summed E-state index contributed by atoms with van der Waals surface area (Å²) >= 11 is 6.99. The van der Waals surface area contributed by atoms with Crippen molar-refractivity contribution in [1.82, 2.24) is 10.2 Å². The standard InChI is InChI=1S/C21H19ClN4O3S/c1-13-2-8-17(9-3-13)26-11-14(10-19(26)28)20-24-25-21(29-20)30-12-18(27)23-16-6-4-15(22)5-7-16/h2-9,14H,10-12H2,1H3,(H,23,27). The van der Waals surface area contributed by atoms with E-state index in [1.807, 2.05) is 31.2 Å². The first kappa shape index (κ1) is 20.4. The van der Waals surface area contributed by atoms with Crippen molar-refractivity contribution < 1.29 is 14.0 Å². The second-order valence-electron chi connectivity index (χ2n) is 6.99. The largest absolute Gasteiger partial charge is 0.416 e. The van der Waals surface area contributed by atoms with Crippen molar-refractivity contribution in [3.63, 3.8) is 0 Å². The smallest absolute Gasteiger partial charge is 0.277 e. The van der Waals surface area contributed by atoms with Gasteiger partial charge >= 0.3 is 0 Å². The quantitative estimate of drug-likeness (QED) is 0.573. The van der Waals surface area contributed by atoms with Crippen molar-refractivity contribution in [1.29, 1.82) is 0 Å². The van der Waals surface area contributed by atoms with Crippen LogP contribution in [0.4, 0.5) is 11.4 Å².